The number of nitrogens with one attached hydrogen (secondary N) is 1. The number of amides is 2. The summed E-state index contributed by atoms with van der Waals surface area (Å²) < 4.78 is 0. The number of hydroxylamine groups is 1. The molecule has 1 aliphatic rings. The lowest BCUT2D eigenvalue weighted by Crippen LogP contribution is -2.55. The highest BCUT2D eigenvalue weighted by atomic mass is 16.5. The zero-order valence-corrected chi connectivity index (χ0v) is 14.7. The van der Waals surface area contributed by atoms with Gasteiger partial charge in [-0.2, -0.15) is 0 Å². The van der Waals surface area contributed by atoms with Crippen molar-refractivity contribution in [3.05, 3.63) is 70.8 Å². The topological polar surface area (TPSA) is 95.7 Å². The second kappa shape index (κ2) is 7.27. The van der Waals surface area contributed by atoms with Crippen LogP contribution in [-0.2, 0) is 24.2 Å². The fourth-order valence-corrected chi connectivity index (χ4v) is 3.39. The Morgan fingerprint density at radius 2 is 1.92 bits per heavy atom. The zero-order chi connectivity index (χ0) is 18.7. The van der Waals surface area contributed by atoms with Crippen molar-refractivity contribution in [1.29, 1.82) is 0 Å². The smallest absolute Gasteiger partial charge is 0.274 e. The lowest BCUT2D eigenvalue weighted by molar-refractivity contribution is -0.137. The Balaban J connectivity index is 1.73. The highest BCUT2D eigenvalue weighted by Gasteiger charge is 2.34. The molecule has 0 radical (unpaired) electrons. The van der Waals surface area contributed by atoms with Gasteiger partial charge in [0.2, 0.25) is 5.91 Å². The molecule has 0 bridgehead atoms. The average Bonchev–Trinajstić information content (AvgIpc) is 2.66. The van der Waals surface area contributed by atoms with Crippen LogP contribution in [0.4, 0.5) is 0 Å². The third kappa shape index (κ3) is 3.76. The molecule has 136 valence electrons. The van der Waals surface area contributed by atoms with Gasteiger partial charge in [-0.3, -0.25) is 14.8 Å². The number of nitrogens with two attached hydrogens (primary N) is 1. The SMILES string of the molecule is CC(N)(Cc1ccccc1)C(=O)N1CCc2cc(C(=O)NO)ccc2C1. The summed E-state index contributed by atoms with van der Waals surface area (Å²) in [4.78, 5) is 26.3. The number of carbonyl (C=O) groups excluding carboxylic acids is 2. The summed E-state index contributed by atoms with van der Waals surface area (Å²) in [6.07, 6.45) is 1.13. The van der Waals surface area contributed by atoms with Crippen LogP contribution in [0.15, 0.2) is 48.5 Å². The van der Waals surface area contributed by atoms with Gasteiger partial charge in [0.15, 0.2) is 0 Å². The summed E-state index contributed by atoms with van der Waals surface area (Å²) in [7, 11) is 0. The van der Waals surface area contributed by atoms with Gasteiger partial charge in [0.05, 0.1) is 5.54 Å². The third-order valence-corrected chi connectivity index (χ3v) is 4.77. The first-order valence-electron chi connectivity index (χ1n) is 8.59. The Morgan fingerprint density at radius 3 is 2.62 bits per heavy atom. The van der Waals surface area contributed by atoms with E-state index in [-0.39, 0.29) is 5.91 Å². The van der Waals surface area contributed by atoms with E-state index in [9.17, 15) is 9.59 Å². The highest BCUT2D eigenvalue weighted by molar-refractivity contribution is 5.93. The van der Waals surface area contributed by atoms with Gasteiger partial charge in [-0.25, -0.2) is 5.48 Å². The lowest BCUT2D eigenvalue weighted by Gasteiger charge is -2.35. The van der Waals surface area contributed by atoms with Crippen molar-refractivity contribution < 1.29 is 14.8 Å². The van der Waals surface area contributed by atoms with E-state index in [1.165, 1.54) is 0 Å². The molecule has 26 heavy (non-hydrogen) atoms. The molecule has 1 aliphatic heterocycles. The van der Waals surface area contributed by atoms with Crippen LogP contribution in [0.2, 0.25) is 0 Å². The van der Waals surface area contributed by atoms with Crippen LogP contribution in [0.1, 0.15) is 34.0 Å². The minimum absolute atomic E-state index is 0.0795. The van der Waals surface area contributed by atoms with E-state index in [2.05, 4.69) is 0 Å². The van der Waals surface area contributed by atoms with Gasteiger partial charge in [-0.15, -0.1) is 0 Å². The first-order chi connectivity index (χ1) is 12.4. The monoisotopic (exact) mass is 353 g/mol. The fourth-order valence-electron chi connectivity index (χ4n) is 3.39. The fraction of sp³-hybridized carbons (Fsp3) is 0.300. The normalized spacial score (nSPS) is 15.7. The molecule has 4 N–H and O–H groups in total. The van der Waals surface area contributed by atoms with Crippen LogP contribution in [0.3, 0.4) is 0 Å². The number of carbonyl (C=O) groups is 2. The predicted molar refractivity (Wildman–Crippen MR) is 97.6 cm³/mol. The Morgan fingerprint density at radius 1 is 1.19 bits per heavy atom. The van der Waals surface area contributed by atoms with E-state index in [0.717, 1.165) is 16.7 Å². The van der Waals surface area contributed by atoms with Crippen molar-refractivity contribution in [2.45, 2.75) is 31.8 Å². The van der Waals surface area contributed by atoms with Gasteiger partial charge in [0, 0.05) is 18.7 Å². The van der Waals surface area contributed by atoms with Crippen LogP contribution in [-0.4, -0.2) is 34.0 Å². The molecule has 1 atom stereocenters. The van der Waals surface area contributed by atoms with E-state index in [1.807, 2.05) is 36.4 Å². The maximum atomic E-state index is 13.0. The maximum absolute atomic E-state index is 13.0. The van der Waals surface area contributed by atoms with E-state index < -0.39 is 11.4 Å². The Bertz CT molecular complexity index is 818. The summed E-state index contributed by atoms with van der Waals surface area (Å²) in [5, 5.41) is 8.75. The number of nitrogens with zero attached hydrogens (tertiary/aromatic N) is 1. The molecule has 3 rings (SSSR count). The van der Waals surface area contributed by atoms with Crippen molar-refractivity contribution >= 4 is 11.8 Å². The minimum Gasteiger partial charge on any atom is -0.336 e. The van der Waals surface area contributed by atoms with Crippen LogP contribution in [0.5, 0.6) is 0 Å². The van der Waals surface area contributed by atoms with Crippen molar-refractivity contribution in [2.75, 3.05) is 6.54 Å². The lowest BCUT2D eigenvalue weighted by atomic mass is 9.90. The number of fused-ring (bicyclic) bond motifs is 1. The van der Waals surface area contributed by atoms with Gasteiger partial charge in [-0.05, 0) is 48.6 Å². The summed E-state index contributed by atoms with van der Waals surface area (Å²) in [5.74, 6) is -0.618. The van der Waals surface area contributed by atoms with E-state index in [4.69, 9.17) is 10.9 Å². The molecule has 2 amide bonds. The summed E-state index contributed by atoms with van der Waals surface area (Å²) in [5.41, 5.74) is 10.5. The van der Waals surface area contributed by atoms with E-state index in [1.54, 1.807) is 29.4 Å². The molecule has 0 fully saturated rings. The Hall–Kier alpha value is -2.70. The molecule has 6 heteroatoms. The first-order valence-corrected chi connectivity index (χ1v) is 8.59. The van der Waals surface area contributed by atoms with Crippen LogP contribution < -0.4 is 11.2 Å². The second-order valence-corrected chi connectivity index (χ2v) is 6.98. The average molecular weight is 353 g/mol. The highest BCUT2D eigenvalue weighted by Crippen LogP contribution is 2.23. The predicted octanol–water partition coefficient (Wildman–Crippen LogP) is 1.65. The van der Waals surface area contributed by atoms with Gasteiger partial charge in [0.25, 0.3) is 5.91 Å². The maximum Gasteiger partial charge on any atom is 0.274 e. The molecule has 0 saturated carbocycles. The molecule has 1 heterocycles. The van der Waals surface area contributed by atoms with E-state index in [0.29, 0.717) is 31.5 Å². The van der Waals surface area contributed by atoms with Crippen LogP contribution in [0, 0.1) is 0 Å². The number of benzene rings is 2. The van der Waals surface area contributed by atoms with Gasteiger partial charge < -0.3 is 10.6 Å². The molecule has 1 unspecified atom stereocenters. The van der Waals surface area contributed by atoms with Crippen molar-refractivity contribution in [3.8, 4) is 0 Å². The third-order valence-electron chi connectivity index (χ3n) is 4.77. The molecule has 0 spiro atoms. The Kier molecular flexibility index (Phi) is 5.06. The first kappa shape index (κ1) is 18.1. The number of hydrogen-bond donors (Lipinski definition) is 3. The van der Waals surface area contributed by atoms with Crippen molar-refractivity contribution in [2.24, 2.45) is 5.73 Å². The molecular formula is C20H23N3O3. The number of rotatable bonds is 4. The second-order valence-electron chi connectivity index (χ2n) is 6.98. The van der Waals surface area contributed by atoms with Gasteiger partial charge >= 0.3 is 0 Å². The van der Waals surface area contributed by atoms with Crippen molar-refractivity contribution in [3.63, 3.8) is 0 Å². The Labute approximate surface area is 152 Å². The molecule has 0 aromatic heterocycles. The zero-order valence-electron chi connectivity index (χ0n) is 14.7. The van der Waals surface area contributed by atoms with Crippen molar-refractivity contribution in [1.82, 2.24) is 10.4 Å². The quantitative estimate of drug-likeness (QED) is 0.575. The summed E-state index contributed by atoms with van der Waals surface area (Å²) in [6, 6.07) is 15.0. The summed E-state index contributed by atoms with van der Waals surface area (Å²) >= 11 is 0. The molecule has 6 nitrogen and oxygen atoms in total. The summed E-state index contributed by atoms with van der Waals surface area (Å²) in [6.45, 7) is 2.79. The largest absolute Gasteiger partial charge is 0.336 e. The van der Waals surface area contributed by atoms with Gasteiger partial charge in [-0.1, -0.05) is 36.4 Å². The molecule has 2 aromatic carbocycles. The molecule has 0 aliphatic carbocycles. The standard InChI is InChI=1S/C20H23N3O3/c1-20(21,12-14-5-3-2-4-6-14)19(25)23-10-9-15-11-16(18(24)22-26)7-8-17(15)13-23/h2-8,11,26H,9-10,12-13,21H2,1H3,(H,22,24). The molecule has 2 aromatic rings. The molecular weight excluding hydrogens is 330 g/mol. The number of hydrogen-bond acceptors (Lipinski definition) is 4. The van der Waals surface area contributed by atoms with E-state index >= 15 is 0 Å². The van der Waals surface area contributed by atoms with Crippen LogP contribution >= 0.6 is 0 Å². The van der Waals surface area contributed by atoms with Crippen LogP contribution in [0.25, 0.3) is 0 Å². The molecule has 0 saturated heterocycles. The van der Waals surface area contributed by atoms with Gasteiger partial charge in [0.1, 0.15) is 0 Å². The minimum atomic E-state index is -0.977.